The molecule has 0 unspecified atom stereocenters. The van der Waals surface area contributed by atoms with Crippen molar-refractivity contribution in [2.24, 2.45) is 0 Å². The van der Waals surface area contributed by atoms with E-state index in [4.69, 9.17) is 4.74 Å². The van der Waals surface area contributed by atoms with Gasteiger partial charge in [-0.05, 0) is 39.8 Å². The predicted molar refractivity (Wildman–Crippen MR) is 76.4 cm³/mol. The lowest BCUT2D eigenvalue weighted by Gasteiger charge is -2.25. The lowest BCUT2D eigenvalue weighted by molar-refractivity contribution is 0.339. The zero-order chi connectivity index (χ0) is 13.6. The van der Waals surface area contributed by atoms with Crippen LogP contribution < -0.4 is 15.0 Å². The first kappa shape index (κ1) is 14.8. The lowest BCUT2D eigenvalue weighted by atomic mass is 10.1. The zero-order valence-corrected chi connectivity index (χ0v) is 12.2. The third kappa shape index (κ3) is 4.92. The molecule has 0 spiro atoms. The largest absolute Gasteiger partial charge is 0.490 e. The number of hydrogen-bond donors (Lipinski definition) is 1. The van der Waals surface area contributed by atoms with Crippen LogP contribution in [0.5, 0.6) is 5.75 Å². The third-order valence-corrected chi connectivity index (χ3v) is 2.51. The van der Waals surface area contributed by atoms with Crippen LogP contribution in [-0.2, 0) is 0 Å². The SMILES string of the molecule is CCOc1cccnc1N(C)CCNC(C)(C)C. The van der Waals surface area contributed by atoms with E-state index in [1.165, 1.54) is 0 Å². The molecule has 1 N–H and O–H groups in total. The second kappa shape index (κ2) is 6.59. The number of likely N-dealkylation sites (N-methyl/N-ethyl adjacent to an activating group) is 1. The van der Waals surface area contributed by atoms with E-state index in [1.54, 1.807) is 6.20 Å². The Kier molecular flexibility index (Phi) is 5.41. The molecule has 0 aromatic carbocycles. The van der Waals surface area contributed by atoms with Crippen LogP contribution in [0, 0.1) is 0 Å². The first-order valence-corrected chi connectivity index (χ1v) is 6.48. The molecular formula is C14H25N3O. The highest BCUT2D eigenvalue weighted by atomic mass is 16.5. The second-order valence-corrected chi connectivity index (χ2v) is 5.36. The summed E-state index contributed by atoms with van der Waals surface area (Å²) in [5.41, 5.74) is 0.147. The summed E-state index contributed by atoms with van der Waals surface area (Å²) in [5.74, 6) is 1.74. The van der Waals surface area contributed by atoms with Crippen molar-refractivity contribution in [1.29, 1.82) is 0 Å². The average molecular weight is 251 g/mol. The summed E-state index contributed by atoms with van der Waals surface area (Å²) in [4.78, 5) is 6.50. The topological polar surface area (TPSA) is 37.4 Å². The Morgan fingerprint density at radius 2 is 2.11 bits per heavy atom. The minimum Gasteiger partial charge on any atom is -0.490 e. The van der Waals surface area contributed by atoms with Gasteiger partial charge in [-0.15, -0.1) is 0 Å². The summed E-state index contributed by atoms with van der Waals surface area (Å²) in [7, 11) is 2.04. The van der Waals surface area contributed by atoms with E-state index in [9.17, 15) is 0 Å². The first-order chi connectivity index (χ1) is 8.44. The maximum Gasteiger partial charge on any atom is 0.171 e. The van der Waals surface area contributed by atoms with E-state index in [0.29, 0.717) is 6.61 Å². The number of rotatable bonds is 6. The van der Waals surface area contributed by atoms with E-state index < -0.39 is 0 Å². The van der Waals surface area contributed by atoms with Crippen LogP contribution >= 0.6 is 0 Å². The Morgan fingerprint density at radius 1 is 1.39 bits per heavy atom. The Balaban J connectivity index is 2.58. The smallest absolute Gasteiger partial charge is 0.171 e. The molecule has 1 aromatic heterocycles. The Labute approximate surface area is 110 Å². The van der Waals surface area contributed by atoms with Crippen molar-refractivity contribution in [3.8, 4) is 5.75 Å². The minimum atomic E-state index is 0.147. The summed E-state index contributed by atoms with van der Waals surface area (Å²) in [5, 5.41) is 3.46. The van der Waals surface area contributed by atoms with Crippen molar-refractivity contribution in [2.45, 2.75) is 33.2 Å². The fraction of sp³-hybridized carbons (Fsp3) is 0.643. The quantitative estimate of drug-likeness (QED) is 0.842. The van der Waals surface area contributed by atoms with Gasteiger partial charge in [-0.25, -0.2) is 4.98 Å². The van der Waals surface area contributed by atoms with Crippen molar-refractivity contribution in [3.63, 3.8) is 0 Å². The Hall–Kier alpha value is -1.29. The molecule has 4 nitrogen and oxygen atoms in total. The summed E-state index contributed by atoms with van der Waals surface area (Å²) in [6, 6.07) is 3.86. The number of pyridine rings is 1. The number of anilines is 1. The highest BCUT2D eigenvalue weighted by Crippen LogP contribution is 2.23. The van der Waals surface area contributed by atoms with E-state index in [2.05, 4.69) is 36.0 Å². The average Bonchev–Trinajstić information content (AvgIpc) is 2.28. The van der Waals surface area contributed by atoms with Gasteiger partial charge in [-0.2, -0.15) is 0 Å². The van der Waals surface area contributed by atoms with E-state index in [1.807, 2.05) is 26.1 Å². The molecule has 1 heterocycles. The van der Waals surface area contributed by atoms with Gasteiger partial charge in [0.25, 0.3) is 0 Å². The van der Waals surface area contributed by atoms with Crippen LogP contribution in [-0.4, -0.2) is 37.3 Å². The van der Waals surface area contributed by atoms with Gasteiger partial charge in [0.1, 0.15) is 0 Å². The number of aromatic nitrogens is 1. The number of nitrogens with one attached hydrogen (secondary N) is 1. The normalized spacial score (nSPS) is 11.4. The fourth-order valence-electron chi connectivity index (χ4n) is 1.64. The van der Waals surface area contributed by atoms with Crippen molar-refractivity contribution < 1.29 is 4.74 Å². The van der Waals surface area contributed by atoms with Crippen LogP contribution in [0.3, 0.4) is 0 Å². The summed E-state index contributed by atoms with van der Waals surface area (Å²) < 4.78 is 5.58. The molecule has 0 bridgehead atoms. The monoisotopic (exact) mass is 251 g/mol. The van der Waals surface area contributed by atoms with Gasteiger partial charge in [0.15, 0.2) is 11.6 Å². The Bertz CT molecular complexity index is 360. The molecule has 102 valence electrons. The summed E-state index contributed by atoms with van der Waals surface area (Å²) >= 11 is 0. The van der Waals surface area contributed by atoms with Crippen molar-refractivity contribution >= 4 is 5.82 Å². The molecule has 0 fully saturated rings. The van der Waals surface area contributed by atoms with Crippen LogP contribution in [0.25, 0.3) is 0 Å². The molecular weight excluding hydrogens is 226 g/mol. The minimum absolute atomic E-state index is 0.147. The predicted octanol–water partition coefficient (Wildman–Crippen LogP) is 2.30. The van der Waals surface area contributed by atoms with Gasteiger partial charge in [0.05, 0.1) is 6.61 Å². The molecule has 0 aliphatic carbocycles. The van der Waals surface area contributed by atoms with Crippen LogP contribution in [0.4, 0.5) is 5.82 Å². The first-order valence-electron chi connectivity index (χ1n) is 6.48. The standard InChI is InChI=1S/C14H25N3O/c1-6-18-12-8-7-9-15-13(12)17(5)11-10-16-14(2,3)4/h7-9,16H,6,10-11H2,1-5H3. The maximum absolute atomic E-state index is 5.58. The molecule has 0 aliphatic rings. The lowest BCUT2D eigenvalue weighted by Crippen LogP contribution is -2.40. The fourth-order valence-corrected chi connectivity index (χ4v) is 1.64. The van der Waals surface area contributed by atoms with Gasteiger partial charge in [-0.3, -0.25) is 0 Å². The molecule has 0 saturated carbocycles. The van der Waals surface area contributed by atoms with Gasteiger partial charge < -0.3 is 15.0 Å². The molecule has 4 heteroatoms. The molecule has 0 radical (unpaired) electrons. The molecule has 1 aromatic rings. The van der Waals surface area contributed by atoms with Gasteiger partial charge >= 0.3 is 0 Å². The van der Waals surface area contributed by atoms with Gasteiger partial charge in [0, 0.05) is 31.9 Å². The number of ether oxygens (including phenoxy) is 1. The molecule has 0 saturated heterocycles. The number of nitrogens with zero attached hydrogens (tertiary/aromatic N) is 2. The summed E-state index contributed by atoms with van der Waals surface area (Å²) in [6.45, 7) is 11.0. The van der Waals surface area contributed by atoms with Crippen LogP contribution in [0.2, 0.25) is 0 Å². The van der Waals surface area contributed by atoms with Crippen molar-refractivity contribution in [3.05, 3.63) is 18.3 Å². The molecule has 0 aliphatic heterocycles. The van der Waals surface area contributed by atoms with E-state index in [-0.39, 0.29) is 5.54 Å². The Morgan fingerprint density at radius 3 is 2.72 bits per heavy atom. The van der Waals surface area contributed by atoms with E-state index in [0.717, 1.165) is 24.7 Å². The molecule has 0 amide bonds. The van der Waals surface area contributed by atoms with Crippen molar-refractivity contribution in [2.75, 3.05) is 31.6 Å². The third-order valence-electron chi connectivity index (χ3n) is 2.51. The number of hydrogen-bond acceptors (Lipinski definition) is 4. The highest BCUT2D eigenvalue weighted by molar-refractivity contribution is 5.51. The molecule has 18 heavy (non-hydrogen) atoms. The van der Waals surface area contributed by atoms with Crippen molar-refractivity contribution in [1.82, 2.24) is 10.3 Å². The van der Waals surface area contributed by atoms with E-state index >= 15 is 0 Å². The maximum atomic E-state index is 5.58. The zero-order valence-electron chi connectivity index (χ0n) is 12.2. The van der Waals surface area contributed by atoms with Gasteiger partial charge in [0.2, 0.25) is 0 Å². The summed E-state index contributed by atoms with van der Waals surface area (Å²) in [6.07, 6.45) is 1.80. The van der Waals surface area contributed by atoms with Crippen LogP contribution in [0.1, 0.15) is 27.7 Å². The highest BCUT2D eigenvalue weighted by Gasteiger charge is 2.11. The van der Waals surface area contributed by atoms with Gasteiger partial charge in [-0.1, -0.05) is 0 Å². The second-order valence-electron chi connectivity index (χ2n) is 5.36. The molecule has 1 rings (SSSR count). The molecule has 0 atom stereocenters. The van der Waals surface area contributed by atoms with Crippen LogP contribution in [0.15, 0.2) is 18.3 Å².